The molecular formula is C13H10BrClN2O2. The molecule has 1 aromatic carbocycles. The van der Waals surface area contributed by atoms with Crippen molar-refractivity contribution in [3.63, 3.8) is 0 Å². The molecule has 0 radical (unpaired) electrons. The van der Waals surface area contributed by atoms with Gasteiger partial charge < -0.3 is 10.4 Å². The molecule has 2 N–H and O–H groups in total. The van der Waals surface area contributed by atoms with Gasteiger partial charge in [0.15, 0.2) is 0 Å². The number of pyridine rings is 1. The maximum Gasteiger partial charge on any atom is 0.339 e. The van der Waals surface area contributed by atoms with Gasteiger partial charge in [0.05, 0.1) is 0 Å². The van der Waals surface area contributed by atoms with E-state index >= 15 is 0 Å². The summed E-state index contributed by atoms with van der Waals surface area (Å²) >= 11 is 9.17. The van der Waals surface area contributed by atoms with E-state index < -0.39 is 5.97 Å². The Labute approximate surface area is 123 Å². The zero-order valence-corrected chi connectivity index (χ0v) is 12.3. The first-order valence-electron chi connectivity index (χ1n) is 5.40. The van der Waals surface area contributed by atoms with Crippen LogP contribution < -0.4 is 5.32 Å². The van der Waals surface area contributed by atoms with Gasteiger partial charge in [-0.3, -0.25) is 0 Å². The summed E-state index contributed by atoms with van der Waals surface area (Å²) in [5.74, 6) is -0.833. The van der Waals surface area contributed by atoms with Crippen LogP contribution in [0.1, 0.15) is 15.9 Å². The first-order valence-corrected chi connectivity index (χ1v) is 6.57. The number of rotatable bonds is 3. The molecule has 0 bridgehead atoms. The number of carbonyl (C=O) groups is 1. The summed E-state index contributed by atoms with van der Waals surface area (Å²) in [6.07, 6.45) is 0. The first kappa shape index (κ1) is 13.8. The van der Waals surface area contributed by atoms with Gasteiger partial charge in [-0.2, -0.15) is 0 Å². The number of nitrogens with zero attached hydrogens (tertiary/aromatic N) is 1. The lowest BCUT2D eigenvalue weighted by molar-refractivity contribution is 0.0697. The Bertz CT molecular complexity index is 647. The molecule has 0 unspecified atom stereocenters. The minimum absolute atomic E-state index is 0.0729. The molecule has 0 spiro atoms. The fourth-order valence-electron chi connectivity index (χ4n) is 1.56. The van der Waals surface area contributed by atoms with Crippen LogP contribution in [0.2, 0.25) is 5.15 Å². The number of carboxylic acids is 1. The second-order valence-corrected chi connectivity index (χ2v) is 5.22. The lowest BCUT2D eigenvalue weighted by atomic mass is 10.2. The van der Waals surface area contributed by atoms with Crippen molar-refractivity contribution in [2.24, 2.45) is 0 Å². The van der Waals surface area contributed by atoms with Crippen LogP contribution in [-0.4, -0.2) is 16.1 Å². The molecular weight excluding hydrogens is 332 g/mol. The summed E-state index contributed by atoms with van der Waals surface area (Å²) in [6, 6.07) is 8.54. The van der Waals surface area contributed by atoms with Gasteiger partial charge in [-0.05, 0) is 36.8 Å². The van der Waals surface area contributed by atoms with Gasteiger partial charge in [-0.15, -0.1) is 0 Å². The third-order valence-electron chi connectivity index (χ3n) is 2.54. The number of aryl methyl sites for hydroxylation is 1. The van der Waals surface area contributed by atoms with Crippen molar-refractivity contribution in [3.05, 3.63) is 51.1 Å². The minimum atomic E-state index is -1.06. The van der Waals surface area contributed by atoms with E-state index in [1.54, 1.807) is 0 Å². The number of aromatic nitrogens is 1. The molecule has 2 aromatic rings. The highest BCUT2D eigenvalue weighted by Crippen LogP contribution is 2.26. The maximum atomic E-state index is 11.1. The van der Waals surface area contributed by atoms with Crippen molar-refractivity contribution in [2.45, 2.75) is 6.92 Å². The zero-order chi connectivity index (χ0) is 14.0. The molecule has 1 heterocycles. The Morgan fingerprint density at radius 3 is 2.79 bits per heavy atom. The van der Waals surface area contributed by atoms with Crippen LogP contribution in [0.15, 0.2) is 34.8 Å². The van der Waals surface area contributed by atoms with Crippen LogP contribution in [0.3, 0.4) is 0 Å². The summed E-state index contributed by atoms with van der Waals surface area (Å²) in [5, 5.41) is 12.4. The maximum absolute atomic E-state index is 11.1. The lowest BCUT2D eigenvalue weighted by Gasteiger charge is -2.11. The molecule has 4 nitrogen and oxygen atoms in total. The number of carboxylic acid groups (broad SMARTS) is 1. The topological polar surface area (TPSA) is 62.2 Å². The predicted molar refractivity (Wildman–Crippen MR) is 78.4 cm³/mol. The standard InChI is InChI=1S/C13H10BrClN2O2/c1-7-2-3-8(14)6-10(7)16-12-9(13(18)19)4-5-11(15)17-12/h2-6H,1H3,(H,16,17)(H,18,19). The monoisotopic (exact) mass is 340 g/mol. The molecule has 19 heavy (non-hydrogen) atoms. The first-order chi connectivity index (χ1) is 8.97. The largest absolute Gasteiger partial charge is 0.478 e. The number of benzene rings is 1. The Morgan fingerprint density at radius 1 is 1.37 bits per heavy atom. The molecule has 0 fully saturated rings. The van der Waals surface area contributed by atoms with Crippen molar-refractivity contribution in [3.8, 4) is 0 Å². The Kier molecular flexibility index (Phi) is 4.07. The zero-order valence-electron chi connectivity index (χ0n) is 9.95. The van der Waals surface area contributed by atoms with Crippen LogP contribution in [0, 0.1) is 6.92 Å². The molecule has 0 saturated heterocycles. The summed E-state index contributed by atoms with van der Waals surface area (Å²) in [4.78, 5) is 15.2. The summed E-state index contributed by atoms with van der Waals surface area (Å²) < 4.78 is 0.888. The van der Waals surface area contributed by atoms with E-state index in [0.717, 1.165) is 15.7 Å². The third kappa shape index (κ3) is 3.24. The smallest absolute Gasteiger partial charge is 0.339 e. The van der Waals surface area contributed by atoms with Crippen LogP contribution in [0.25, 0.3) is 0 Å². The van der Waals surface area contributed by atoms with Crippen LogP contribution in [-0.2, 0) is 0 Å². The number of hydrogen-bond acceptors (Lipinski definition) is 3. The summed E-state index contributed by atoms with van der Waals surface area (Å²) in [6.45, 7) is 1.92. The minimum Gasteiger partial charge on any atom is -0.478 e. The summed E-state index contributed by atoms with van der Waals surface area (Å²) in [7, 11) is 0. The normalized spacial score (nSPS) is 10.3. The average Bonchev–Trinajstić information content (AvgIpc) is 2.33. The molecule has 0 amide bonds. The fraction of sp³-hybridized carbons (Fsp3) is 0.0769. The second-order valence-electron chi connectivity index (χ2n) is 3.92. The molecule has 0 aliphatic carbocycles. The van der Waals surface area contributed by atoms with Gasteiger partial charge in [-0.1, -0.05) is 33.6 Å². The van der Waals surface area contributed by atoms with Gasteiger partial charge in [0.1, 0.15) is 16.5 Å². The SMILES string of the molecule is Cc1ccc(Br)cc1Nc1nc(Cl)ccc1C(=O)O. The highest BCUT2D eigenvalue weighted by molar-refractivity contribution is 9.10. The van der Waals surface area contributed by atoms with E-state index in [9.17, 15) is 4.79 Å². The fourth-order valence-corrected chi connectivity index (χ4v) is 2.07. The van der Waals surface area contributed by atoms with Crippen LogP contribution in [0.4, 0.5) is 11.5 Å². The molecule has 6 heteroatoms. The number of nitrogens with one attached hydrogen (secondary N) is 1. The summed E-state index contributed by atoms with van der Waals surface area (Å²) in [5.41, 5.74) is 1.82. The average molecular weight is 342 g/mol. The third-order valence-corrected chi connectivity index (χ3v) is 3.25. The molecule has 98 valence electrons. The van der Waals surface area contributed by atoms with E-state index in [1.165, 1.54) is 12.1 Å². The van der Waals surface area contributed by atoms with E-state index in [0.29, 0.717) is 0 Å². The van der Waals surface area contributed by atoms with Crippen molar-refractivity contribution in [1.82, 2.24) is 4.98 Å². The molecule has 0 aliphatic heterocycles. The van der Waals surface area contributed by atoms with Crippen LogP contribution in [0.5, 0.6) is 0 Å². The van der Waals surface area contributed by atoms with Crippen LogP contribution >= 0.6 is 27.5 Å². The van der Waals surface area contributed by atoms with E-state index in [-0.39, 0.29) is 16.5 Å². The van der Waals surface area contributed by atoms with Crippen molar-refractivity contribution in [1.29, 1.82) is 0 Å². The number of hydrogen-bond donors (Lipinski definition) is 2. The van der Waals surface area contributed by atoms with E-state index in [1.807, 2.05) is 25.1 Å². The number of aromatic carboxylic acids is 1. The molecule has 0 atom stereocenters. The second kappa shape index (κ2) is 5.59. The number of halogens is 2. The van der Waals surface area contributed by atoms with Gasteiger partial charge in [0.2, 0.25) is 0 Å². The van der Waals surface area contributed by atoms with E-state index in [4.69, 9.17) is 16.7 Å². The molecule has 1 aromatic heterocycles. The molecule has 2 rings (SSSR count). The lowest BCUT2D eigenvalue weighted by Crippen LogP contribution is -2.05. The van der Waals surface area contributed by atoms with Crippen molar-refractivity contribution in [2.75, 3.05) is 5.32 Å². The Hall–Kier alpha value is -1.59. The van der Waals surface area contributed by atoms with Gasteiger partial charge in [-0.25, -0.2) is 9.78 Å². The predicted octanol–water partition coefficient (Wildman–Crippen LogP) is 4.25. The Balaban J connectivity index is 2.45. The number of anilines is 2. The van der Waals surface area contributed by atoms with Gasteiger partial charge in [0, 0.05) is 10.2 Å². The quantitative estimate of drug-likeness (QED) is 0.819. The molecule has 0 aliphatic rings. The van der Waals surface area contributed by atoms with E-state index in [2.05, 4.69) is 26.2 Å². The Morgan fingerprint density at radius 2 is 2.11 bits per heavy atom. The highest BCUT2D eigenvalue weighted by atomic mass is 79.9. The molecule has 0 saturated carbocycles. The van der Waals surface area contributed by atoms with Gasteiger partial charge in [0.25, 0.3) is 0 Å². The highest BCUT2D eigenvalue weighted by Gasteiger charge is 2.13. The van der Waals surface area contributed by atoms with Crippen molar-refractivity contribution >= 4 is 45.0 Å². The van der Waals surface area contributed by atoms with Crippen molar-refractivity contribution < 1.29 is 9.90 Å². The van der Waals surface area contributed by atoms with Gasteiger partial charge >= 0.3 is 5.97 Å².